The maximum Gasteiger partial charge on any atom is 0.297 e. The number of ether oxygens (including phenoxy) is 3. The molecular formula is C50H58ClN9O8S. The maximum absolute atomic E-state index is 14.2. The zero-order chi connectivity index (χ0) is 48.0. The molecule has 5 aromatic rings. The number of rotatable bonds is 13. The van der Waals surface area contributed by atoms with E-state index in [0.717, 1.165) is 93.9 Å². The van der Waals surface area contributed by atoms with Gasteiger partial charge in [0.15, 0.2) is 11.4 Å². The highest BCUT2D eigenvalue weighted by atomic mass is 35.5. The number of halogens is 1. The first-order valence-electron chi connectivity index (χ1n) is 23.7. The molecule has 3 saturated heterocycles. The standard InChI is InChI=1S/C50H58ClN9O8S/c1-32-26-57(16-19-59(32)39-30-66-31-39)28-37-29-67-46-23-41(22-44(60(62)63)47(46)54-37)69(64,65)55-49(61)43-9-8-38(21-45(43)68-40-20-34-11-13-52-48(34)53-25-40)58-17-14-56(15-18-58)27-35-24-50(2,3)12-10-42(35)33-4-6-36(51)7-5-33/h4-9,11,13,20-23,25,32,37,39,54H,10,12,14-19,24,26-31H2,1-3H3,(H,52,53)(H,55,61)/t32-,37-/m1/s1. The van der Waals surface area contributed by atoms with Crippen molar-refractivity contribution in [3.05, 3.63) is 111 Å². The third-order valence-electron chi connectivity index (χ3n) is 14.2. The Balaban J connectivity index is 0.852. The molecule has 69 heavy (non-hydrogen) atoms. The lowest BCUT2D eigenvalue weighted by Crippen LogP contribution is -2.61. The van der Waals surface area contributed by atoms with E-state index in [1.165, 1.54) is 29.0 Å². The minimum absolute atomic E-state index is 0.0128. The molecule has 3 fully saturated rings. The average molecular weight is 981 g/mol. The van der Waals surface area contributed by atoms with Gasteiger partial charge in [0, 0.05) is 105 Å². The molecule has 1 aliphatic carbocycles. The van der Waals surface area contributed by atoms with Crippen molar-refractivity contribution < 1.29 is 32.3 Å². The molecule has 6 heterocycles. The molecule has 0 radical (unpaired) electrons. The van der Waals surface area contributed by atoms with Crippen molar-refractivity contribution >= 4 is 61.2 Å². The topological polar surface area (TPSA) is 188 Å². The lowest BCUT2D eigenvalue weighted by Gasteiger charge is -2.47. The largest absolute Gasteiger partial charge is 0.489 e. The molecule has 3 N–H and O–H groups in total. The number of benzene rings is 3. The van der Waals surface area contributed by atoms with Crippen molar-refractivity contribution in [2.24, 2.45) is 5.41 Å². The van der Waals surface area contributed by atoms with E-state index < -0.39 is 31.4 Å². The predicted octanol–water partition coefficient (Wildman–Crippen LogP) is 7.40. The third kappa shape index (κ3) is 10.3. The van der Waals surface area contributed by atoms with Gasteiger partial charge in [-0.05, 0) is 79.1 Å². The number of carbonyl (C=O) groups is 1. The Hall–Kier alpha value is -5.76. The van der Waals surface area contributed by atoms with Crippen LogP contribution >= 0.6 is 11.6 Å². The molecule has 17 nitrogen and oxygen atoms in total. The van der Waals surface area contributed by atoms with Gasteiger partial charge in [0.1, 0.15) is 23.8 Å². The van der Waals surface area contributed by atoms with Gasteiger partial charge in [-0.3, -0.25) is 29.6 Å². The fraction of sp³-hybridized carbons (Fsp3) is 0.440. The molecule has 0 bridgehead atoms. The third-order valence-corrected chi connectivity index (χ3v) is 15.8. The molecular weight excluding hydrogens is 922 g/mol. The van der Waals surface area contributed by atoms with Crippen LogP contribution in [0.15, 0.2) is 89.6 Å². The van der Waals surface area contributed by atoms with Crippen LogP contribution < -0.4 is 24.4 Å². The normalized spacial score (nSPS) is 21.5. The van der Waals surface area contributed by atoms with Gasteiger partial charge in [-0.25, -0.2) is 18.1 Å². The summed E-state index contributed by atoms with van der Waals surface area (Å²) < 4.78 is 48.0. The fourth-order valence-electron chi connectivity index (χ4n) is 10.5. The summed E-state index contributed by atoms with van der Waals surface area (Å²) in [6.07, 6.45) is 6.46. The van der Waals surface area contributed by atoms with Crippen molar-refractivity contribution in [3.63, 3.8) is 0 Å². The SMILES string of the molecule is C[C@@H]1CN(C[C@@H]2COc3cc(S(=O)(=O)NC(=O)c4ccc(N5CCN(CC6=C(c7ccc(Cl)cc7)CCC(C)(C)C6)CC5)cc4Oc4cnc5[nH]ccc5c4)cc([N+](=O)[O-])c3N2)CCN1C1COC1. The molecule has 3 aromatic carbocycles. The molecule has 10 rings (SSSR count). The van der Waals surface area contributed by atoms with E-state index in [2.05, 4.69) is 72.5 Å². The number of nitro groups is 1. The van der Waals surface area contributed by atoms with Gasteiger partial charge >= 0.3 is 0 Å². The van der Waals surface area contributed by atoms with Crippen molar-refractivity contribution in [1.29, 1.82) is 0 Å². The Bertz CT molecular complexity index is 2900. The van der Waals surface area contributed by atoms with Crippen LogP contribution in [0.3, 0.4) is 0 Å². The Morgan fingerprint density at radius 1 is 1.00 bits per heavy atom. The molecule has 1 amide bonds. The summed E-state index contributed by atoms with van der Waals surface area (Å²) >= 11 is 6.25. The summed E-state index contributed by atoms with van der Waals surface area (Å²) in [4.78, 5) is 42.5. The van der Waals surface area contributed by atoms with Gasteiger partial charge in [-0.15, -0.1) is 0 Å². The number of pyridine rings is 1. The van der Waals surface area contributed by atoms with Crippen molar-refractivity contribution in [1.82, 2.24) is 29.4 Å². The van der Waals surface area contributed by atoms with E-state index in [9.17, 15) is 23.3 Å². The van der Waals surface area contributed by atoms with E-state index in [-0.39, 0.29) is 40.8 Å². The molecule has 0 unspecified atom stereocenters. The molecule has 364 valence electrons. The number of nitrogens with one attached hydrogen (secondary N) is 3. The van der Waals surface area contributed by atoms with Crippen LogP contribution in [-0.2, 0) is 14.8 Å². The van der Waals surface area contributed by atoms with Crippen LogP contribution in [0.1, 0.15) is 56.0 Å². The number of H-pyrrole nitrogens is 1. The first-order chi connectivity index (χ1) is 33.1. The monoisotopic (exact) mass is 979 g/mol. The van der Waals surface area contributed by atoms with Crippen LogP contribution in [-0.4, -0.2) is 141 Å². The van der Waals surface area contributed by atoms with Crippen LogP contribution in [0.2, 0.25) is 5.02 Å². The number of fused-ring (bicyclic) bond motifs is 2. The average Bonchev–Trinajstić information content (AvgIpc) is 3.77. The van der Waals surface area contributed by atoms with Gasteiger partial charge in [-0.2, -0.15) is 0 Å². The number of allylic oxidation sites excluding steroid dienone is 1. The Morgan fingerprint density at radius 3 is 2.52 bits per heavy atom. The van der Waals surface area contributed by atoms with Gasteiger partial charge in [0.2, 0.25) is 0 Å². The zero-order valence-electron chi connectivity index (χ0n) is 39.1. The highest BCUT2D eigenvalue weighted by Gasteiger charge is 2.37. The second kappa shape index (κ2) is 19.2. The number of nitro benzene ring substituents is 1. The smallest absolute Gasteiger partial charge is 0.297 e. The van der Waals surface area contributed by atoms with E-state index in [1.807, 2.05) is 18.2 Å². The molecule has 2 aromatic heterocycles. The van der Waals surface area contributed by atoms with Crippen LogP contribution in [0, 0.1) is 15.5 Å². The highest BCUT2D eigenvalue weighted by molar-refractivity contribution is 7.90. The number of anilines is 2. The minimum atomic E-state index is -4.67. The maximum atomic E-state index is 14.2. The van der Waals surface area contributed by atoms with Crippen molar-refractivity contribution in [3.8, 4) is 17.2 Å². The van der Waals surface area contributed by atoms with E-state index in [4.69, 9.17) is 25.8 Å². The molecule has 0 saturated carbocycles. The van der Waals surface area contributed by atoms with Gasteiger partial charge in [0.05, 0.1) is 46.9 Å². The van der Waals surface area contributed by atoms with Crippen LogP contribution in [0.25, 0.3) is 16.6 Å². The fourth-order valence-corrected chi connectivity index (χ4v) is 11.6. The Kier molecular flexibility index (Phi) is 13.1. The number of amides is 1. The minimum Gasteiger partial charge on any atom is -0.489 e. The van der Waals surface area contributed by atoms with Crippen molar-refractivity contribution in [2.45, 2.75) is 63.1 Å². The second-order valence-corrected chi connectivity index (χ2v) is 21.9. The second-order valence-electron chi connectivity index (χ2n) is 19.8. The number of aromatic amines is 1. The molecule has 19 heteroatoms. The van der Waals surface area contributed by atoms with Crippen LogP contribution in [0.4, 0.5) is 17.1 Å². The number of sulfonamides is 1. The zero-order valence-corrected chi connectivity index (χ0v) is 40.7. The first-order valence-corrected chi connectivity index (χ1v) is 25.5. The van der Waals surface area contributed by atoms with Gasteiger partial charge in [0.25, 0.3) is 21.6 Å². The number of piperazine rings is 2. The Morgan fingerprint density at radius 2 is 1.78 bits per heavy atom. The highest BCUT2D eigenvalue weighted by Crippen LogP contribution is 2.44. The number of aromatic nitrogens is 2. The molecule has 2 atom stereocenters. The van der Waals surface area contributed by atoms with Crippen molar-refractivity contribution in [2.75, 3.05) is 88.9 Å². The summed E-state index contributed by atoms with van der Waals surface area (Å²) in [5, 5.41) is 17.3. The number of carbonyl (C=O) groups excluding carboxylic acids is 1. The summed E-state index contributed by atoms with van der Waals surface area (Å²) in [7, 11) is -4.67. The van der Waals surface area contributed by atoms with E-state index in [0.29, 0.717) is 43.1 Å². The first kappa shape index (κ1) is 46.9. The van der Waals surface area contributed by atoms with Crippen LogP contribution in [0.5, 0.6) is 17.2 Å². The molecule has 5 aliphatic rings. The number of nitrogens with zero attached hydrogens (tertiary/aromatic N) is 6. The quantitative estimate of drug-likeness (QED) is 0.0782. The van der Waals surface area contributed by atoms with E-state index >= 15 is 0 Å². The number of hydrogen-bond donors (Lipinski definition) is 3. The number of hydrogen-bond acceptors (Lipinski definition) is 14. The summed E-state index contributed by atoms with van der Waals surface area (Å²) in [6, 6.07) is 19.5. The Labute approximate surface area is 406 Å². The molecule has 4 aliphatic heterocycles. The lowest BCUT2D eigenvalue weighted by atomic mass is 9.73. The predicted molar refractivity (Wildman–Crippen MR) is 265 cm³/mol. The van der Waals surface area contributed by atoms with Gasteiger partial charge < -0.3 is 29.4 Å². The summed E-state index contributed by atoms with van der Waals surface area (Å²) in [5.41, 5.74) is 5.34. The van der Waals surface area contributed by atoms with E-state index in [1.54, 1.807) is 30.5 Å². The lowest BCUT2D eigenvalue weighted by molar-refractivity contribution is -0.384. The molecule has 0 spiro atoms. The summed E-state index contributed by atoms with van der Waals surface area (Å²) in [5.74, 6) is -0.506. The summed E-state index contributed by atoms with van der Waals surface area (Å²) in [6.45, 7) is 15.6. The van der Waals surface area contributed by atoms with Gasteiger partial charge in [-0.1, -0.05) is 43.2 Å².